The van der Waals surface area contributed by atoms with E-state index in [0.29, 0.717) is 11.9 Å². The van der Waals surface area contributed by atoms with Gasteiger partial charge in [-0.1, -0.05) is 58.4 Å². The highest BCUT2D eigenvalue weighted by molar-refractivity contribution is 9.10. The van der Waals surface area contributed by atoms with Crippen LogP contribution in [0.1, 0.15) is 11.1 Å². The second-order valence-electron chi connectivity index (χ2n) is 3.84. The lowest BCUT2D eigenvalue weighted by Crippen LogP contribution is -2.33. The third-order valence-electron chi connectivity index (χ3n) is 2.66. The molecule has 2 aromatic carbocycles. The van der Waals surface area contributed by atoms with E-state index in [2.05, 4.69) is 15.9 Å². The predicted octanol–water partition coefficient (Wildman–Crippen LogP) is 1.72. The zero-order chi connectivity index (χ0) is 12.3. The van der Waals surface area contributed by atoms with Gasteiger partial charge in [-0.25, -0.2) is 0 Å². The van der Waals surface area contributed by atoms with Crippen molar-refractivity contribution in [2.45, 2.75) is 6.42 Å². The van der Waals surface area contributed by atoms with Crippen molar-refractivity contribution >= 4 is 28.5 Å². The van der Waals surface area contributed by atoms with Gasteiger partial charge < -0.3 is 10.0 Å². The summed E-state index contributed by atoms with van der Waals surface area (Å²) in [5.74, 6) is 0. The lowest BCUT2D eigenvalue weighted by atomic mass is 9.76. The molecule has 17 heavy (non-hydrogen) atoms. The van der Waals surface area contributed by atoms with Gasteiger partial charge in [-0.05, 0) is 29.1 Å². The number of benzene rings is 2. The Morgan fingerprint density at radius 2 is 1.65 bits per heavy atom. The Morgan fingerprint density at radius 1 is 0.941 bits per heavy atom. The molecule has 0 aromatic heterocycles. The maximum absolute atomic E-state index is 9.34. The molecule has 0 radical (unpaired) electrons. The SMILES string of the molecule is OB(O)c1cccc(Br)c1Cc1ccccc1. The fourth-order valence-electron chi connectivity index (χ4n) is 1.80. The fraction of sp³-hybridized carbons (Fsp3) is 0.0769. The second kappa shape index (κ2) is 5.49. The van der Waals surface area contributed by atoms with Gasteiger partial charge in [-0.3, -0.25) is 0 Å². The molecule has 4 heteroatoms. The van der Waals surface area contributed by atoms with Crippen LogP contribution in [0.2, 0.25) is 0 Å². The number of hydrogen-bond donors (Lipinski definition) is 2. The van der Waals surface area contributed by atoms with Crippen molar-refractivity contribution in [1.82, 2.24) is 0 Å². The van der Waals surface area contributed by atoms with Gasteiger partial charge in [0.25, 0.3) is 0 Å². The normalized spacial score (nSPS) is 10.3. The van der Waals surface area contributed by atoms with Crippen LogP contribution in [-0.4, -0.2) is 17.2 Å². The van der Waals surface area contributed by atoms with E-state index in [1.807, 2.05) is 36.4 Å². The van der Waals surface area contributed by atoms with Crippen LogP contribution >= 0.6 is 15.9 Å². The minimum Gasteiger partial charge on any atom is -0.423 e. The third kappa shape index (κ3) is 2.97. The summed E-state index contributed by atoms with van der Waals surface area (Å²) in [5, 5.41) is 18.7. The molecule has 0 fully saturated rings. The standard InChI is InChI=1S/C13H12BBrO2/c15-13-8-4-7-12(14(16)17)11(13)9-10-5-2-1-3-6-10/h1-8,16-17H,9H2. The van der Waals surface area contributed by atoms with Crippen LogP contribution in [0, 0.1) is 0 Å². The molecular formula is C13H12BBrO2. The van der Waals surface area contributed by atoms with Crippen LogP contribution in [0.5, 0.6) is 0 Å². The Hall–Kier alpha value is -1.10. The Kier molecular flexibility index (Phi) is 4.00. The molecule has 0 spiro atoms. The first kappa shape index (κ1) is 12.4. The van der Waals surface area contributed by atoms with Gasteiger partial charge in [0, 0.05) is 4.47 Å². The van der Waals surface area contributed by atoms with Gasteiger partial charge >= 0.3 is 7.12 Å². The third-order valence-corrected chi connectivity index (χ3v) is 3.40. The molecule has 2 N–H and O–H groups in total. The zero-order valence-corrected chi connectivity index (χ0v) is 10.8. The van der Waals surface area contributed by atoms with Crippen molar-refractivity contribution < 1.29 is 10.0 Å². The van der Waals surface area contributed by atoms with Gasteiger partial charge in [-0.2, -0.15) is 0 Å². The van der Waals surface area contributed by atoms with Gasteiger partial charge in [0.05, 0.1) is 0 Å². The van der Waals surface area contributed by atoms with E-state index in [9.17, 15) is 10.0 Å². The molecule has 0 saturated carbocycles. The highest BCUT2D eigenvalue weighted by Crippen LogP contribution is 2.18. The Morgan fingerprint density at radius 3 is 2.29 bits per heavy atom. The van der Waals surface area contributed by atoms with Gasteiger partial charge in [0.15, 0.2) is 0 Å². The maximum atomic E-state index is 9.34. The molecule has 2 rings (SSSR count). The van der Waals surface area contributed by atoms with Crippen LogP contribution < -0.4 is 5.46 Å². The van der Waals surface area contributed by atoms with Gasteiger partial charge in [0.2, 0.25) is 0 Å². The molecule has 0 saturated heterocycles. The first-order valence-electron chi connectivity index (χ1n) is 5.36. The summed E-state index contributed by atoms with van der Waals surface area (Å²) in [5.41, 5.74) is 2.60. The molecule has 0 bridgehead atoms. The van der Waals surface area contributed by atoms with Crippen LogP contribution in [0.4, 0.5) is 0 Å². The fourth-order valence-corrected chi connectivity index (χ4v) is 2.33. The lowest BCUT2D eigenvalue weighted by molar-refractivity contribution is 0.425. The maximum Gasteiger partial charge on any atom is 0.488 e. The molecule has 2 nitrogen and oxygen atoms in total. The predicted molar refractivity (Wildman–Crippen MR) is 73.2 cm³/mol. The van der Waals surface area contributed by atoms with Crippen molar-refractivity contribution in [1.29, 1.82) is 0 Å². The summed E-state index contributed by atoms with van der Waals surface area (Å²) < 4.78 is 0.895. The minimum absolute atomic E-state index is 0.545. The van der Waals surface area contributed by atoms with Crippen LogP contribution in [-0.2, 0) is 6.42 Å². The molecule has 0 unspecified atom stereocenters. The van der Waals surface area contributed by atoms with Crippen LogP contribution in [0.25, 0.3) is 0 Å². The van der Waals surface area contributed by atoms with Crippen LogP contribution in [0.3, 0.4) is 0 Å². The summed E-state index contributed by atoms with van der Waals surface area (Å²) in [7, 11) is -1.44. The van der Waals surface area contributed by atoms with Crippen molar-refractivity contribution in [3.8, 4) is 0 Å². The van der Waals surface area contributed by atoms with Crippen molar-refractivity contribution in [3.63, 3.8) is 0 Å². The lowest BCUT2D eigenvalue weighted by Gasteiger charge is -2.11. The number of hydrogen-bond acceptors (Lipinski definition) is 2. The molecular weight excluding hydrogens is 279 g/mol. The van der Waals surface area contributed by atoms with E-state index in [0.717, 1.165) is 15.6 Å². The summed E-state index contributed by atoms with van der Waals surface area (Å²) in [6.07, 6.45) is 0.676. The smallest absolute Gasteiger partial charge is 0.423 e. The summed E-state index contributed by atoms with van der Waals surface area (Å²) >= 11 is 3.45. The molecule has 86 valence electrons. The van der Waals surface area contributed by atoms with E-state index in [-0.39, 0.29) is 0 Å². The highest BCUT2D eigenvalue weighted by Gasteiger charge is 2.17. The number of rotatable bonds is 3. The summed E-state index contributed by atoms with van der Waals surface area (Å²) in [4.78, 5) is 0. The monoisotopic (exact) mass is 290 g/mol. The quantitative estimate of drug-likeness (QED) is 0.845. The second-order valence-corrected chi connectivity index (χ2v) is 4.70. The number of halogens is 1. The molecule has 0 aliphatic carbocycles. The van der Waals surface area contributed by atoms with Crippen molar-refractivity contribution in [2.75, 3.05) is 0 Å². The first-order valence-corrected chi connectivity index (χ1v) is 6.15. The van der Waals surface area contributed by atoms with E-state index < -0.39 is 7.12 Å². The molecule has 2 aromatic rings. The van der Waals surface area contributed by atoms with Crippen LogP contribution in [0.15, 0.2) is 53.0 Å². The highest BCUT2D eigenvalue weighted by atomic mass is 79.9. The Bertz CT molecular complexity index is 500. The Labute approximate surface area is 109 Å². The van der Waals surface area contributed by atoms with E-state index >= 15 is 0 Å². The van der Waals surface area contributed by atoms with E-state index in [1.54, 1.807) is 12.1 Å². The van der Waals surface area contributed by atoms with E-state index in [4.69, 9.17) is 0 Å². The van der Waals surface area contributed by atoms with Gasteiger partial charge in [0.1, 0.15) is 0 Å². The summed E-state index contributed by atoms with van der Waals surface area (Å²) in [6.45, 7) is 0. The van der Waals surface area contributed by atoms with Crippen molar-refractivity contribution in [2.24, 2.45) is 0 Å². The first-order chi connectivity index (χ1) is 8.18. The molecule has 0 aliphatic heterocycles. The topological polar surface area (TPSA) is 40.5 Å². The summed E-state index contributed by atoms with van der Waals surface area (Å²) in [6, 6.07) is 15.4. The average molecular weight is 291 g/mol. The van der Waals surface area contributed by atoms with E-state index in [1.165, 1.54) is 0 Å². The average Bonchev–Trinajstić information content (AvgIpc) is 2.33. The molecule has 0 aliphatic rings. The molecule has 0 atom stereocenters. The zero-order valence-electron chi connectivity index (χ0n) is 9.18. The van der Waals surface area contributed by atoms with Crippen molar-refractivity contribution in [3.05, 3.63) is 64.1 Å². The largest absolute Gasteiger partial charge is 0.488 e. The minimum atomic E-state index is -1.44. The molecule has 0 amide bonds. The molecule has 0 heterocycles. The van der Waals surface area contributed by atoms with Gasteiger partial charge in [-0.15, -0.1) is 0 Å². The Balaban J connectivity index is 2.38.